The van der Waals surface area contributed by atoms with Gasteiger partial charge in [-0.3, -0.25) is 4.79 Å². The summed E-state index contributed by atoms with van der Waals surface area (Å²) in [5.41, 5.74) is 1.28. The Morgan fingerprint density at radius 2 is 2.00 bits per heavy atom. The lowest BCUT2D eigenvalue weighted by Gasteiger charge is -2.20. The van der Waals surface area contributed by atoms with Crippen molar-refractivity contribution >= 4 is 17.7 Å². The van der Waals surface area contributed by atoms with Crippen LogP contribution in [0, 0.1) is 0 Å². The molecule has 0 bridgehead atoms. The molecule has 0 aromatic heterocycles. The lowest BCUT2D eigenvalue weighted by Crippen LogP contribution is -2.34. The maximum atomic E-state index is 12.1. The number of amides is 1. The van der Waals surface area contributed by atoms with Crippen molar-refractivity contribution in [3.8, 4) is 0 Å². The molecule has 18 heavy (non-hydrogen) atoms. The number of nitrogens with zero attached hydrogens (tertiary/aromatic N) is 1. The molecule has 3 heteroatoms. The molecule has 0 spiro atoms. The Kier molecular flexibility index (Phi) is 6.88. The molecule has 0 heterocycles. The minimum absolute atomic E-state index is 0.0343. The van der Waals surface area contributed by atoms with Crippen molar-refractivity contribution in [1.82, 2.24) is 4.90 Å². The fourth-order valence-electron chi connectivity index (χ4n) is 1.68. The number of thioether (sulfide) groups is 1. The molecule has 0 saturated carbocycles. The van der Waals surface area contributed by atoms with Crippen LogP contribution in [-0.4, -0.2) is 29.6 Å². The van der Waals surface area contributed by atoms with Crippen LogP contribution in [0.5, 0.6) is 0 Å². The van der Waals surface area contributed by atoms with E-state index in [2.05, 4.69) is 19.1 Å². The molecular weight excluding hydrogens is 242 g/mol. The summed E-state index contributed by atoms with van der Waals surface area (Å²) >= 11 is 1.71. The molecule has 1 amide bonds. The van der Waals surface area contributed by atoms with Crippen LogP contribution in [0.25, 0.3) is 0 Å². The quantitative estimate of drug-likeness (QED) is 0.751. The summed E-state index contributed by atoms with van der Waals surface area (Å²) in [7, 11) is 1.90. The summed E-state index contributed by atoms with van der Waals surface area (Å²) in [6.45, 7) is 5.01. The van der Waals surface area contributed by atoms with E-state index < -0.39 is 0 Å². The van der Waals surface area contributed by atoms with Crippen LogP contribution in [0.15, 0.2) is 30.3 Å². The second-order valence-electron chi connectivity index (χ2n) is 4.55. The zero-order chi connectivity index (χ0) is 13.4. The number of unbranched alkanes of at least 4 members (excludes halogenated alkanes) is 1. The summed E-state index contributed by atoms with van der Waals surface area (Å²) in [5, 5.41) is 0.0343. The molecule has 1 aromatic rings. The number of rotatable bonds is 7. The van der Waals surface area contributed by atoms with E-state index in [-0.39, 0.29) is 11.2 Å². The molecule has 100 valence electrons. The zero-order valence-corrected chi connectivity index (χ0v) is 12.4. The Bertz CT molecular complexity index is 353. The van der Waals surface area contributed by atoms with Crippen LogP contribution in [0.3, 0.4) is 0 Å². The lowest BCUT2D eigenvalue weighted by atomic mass is 10.2. The first-order chi connectivity index (χ1) is 8.65. The van der Waals surface area contributed by atoms with Gasteiger partial charge < -0.3 is 4.90 Å². The van der Waals surface area contributed by atoms with E-state index in [0.29, 0.717) is 0 Å². The van der Waals surface area contributed by atoms with Gasteiger partial charge in [0.15, 0.2) is 0 Å². The largest absolute Gasteiger partial charge is 0.345 e. The highest BCUT2D eigenvalue weighted by Crippen LogP contribution is 2.19. The molecular formula is C15H23NOS. The van der Waals surface area contributed by atoms with Crippen LogP contribution >= 0.6 is 11.8 Å². The Hall–Kier alpha value is -0.960. The third-order valence-electron chi connectivity index (χ3n) is 2.91. The predicted molar refractivity (Wildman–Crippen MR) is 79.7 cm³/mol. The average Bonchev–Trinajstić information content (AvgIpc) is 2.42. The first-order valence-electron chi connectivity index (χ1n) is 6.55. The van der Waals surface area contributed by atoms with E-state index in [1.165, 1.54) is 5.56 Å². The summed E-state index contributed by atoms with van der Waals surface area (Å²) in [4.78, 5) is 13.9. The SMILES string of the molecule is CCCCN(C)C(=O)C(C)SCc1ccccc1. The molecule has 0 radical (unpaired) electrons. The molecule has 1 unspecified atom stereocenters. The Morgan fingerprint density at radius 1 is 1.33 bits per heavy atom. The Labute approximate surface area is 115 Å². The average molecular weight is 265 g/mol. The number of carbonyl (C=O) groups excluding carboxylic acids is 1. The number of benzene rings is 1. The normalized spacial score (nSPS) is 12.2. The first kappa shape index (κ1) is 15.1. The highest BCUT2D eigenvalue weighted by Gasteiger charge is 2.17. The first-order valence-corrected chi connectivity index (χ1v) is 7.60. The molecule has 0 aliphatic carbocycles. The van der Waals surface area contributed by atoms with E-state index in [4.69, 9.17) is 0 Å². The zero-order valence-electron chi connectivity index (χ0n) is 11.6. The van der Waals surface area contributed by atoms with Crippen molar-refractivity contribution in [2.24, 2.45) is 0 Å². The Balaban J connectivity index is 2.35. The minimum atomic E-state index is 0.0343. The lowest BCUT2D eigenvalue weighted by molar-refractivity contribution is -0.129. The van der Waals surface area contributed by atoms with Gasteiger partial charge in [0.25, 0.3) is 0 Å². The predicted octanol–water partition coefficient (Wildman–Crippen LogP) is 3.57. The van der Waals surface area contributed by atoms with Gasteiger partial charge in [0.05, 0.1) is 5.25 Å². The maximum absolute atomic E-state index is 12.1. The van der Waals surface area contributed by atoms with Gasteiger partial charge >= 0.3 is 0 Å². The maximum Gasteiger partial charge on any atom is 0.235 e. The summed E-state index contributed by atoms with van der Waals surface area (Å²) < 4.78 is 0. The number of hydrogen-bond donors (Lipinski definition) is 0. The van der Waals surface area contributed by atoms with Crippen molar-refractivity contribution in [3.05, 3.63) is 35.9 Å². The molecule has 2 nitrogen and oxygen atoms in total. The number of carbonyl (C=O) groups is 1. The van der Waals surface area contributed by atoms with Crippen molar-refractivity contribution in [2.45, 2.75) is 37.7 Å². The second-order valence-corrected chi connectivity index (χ2v) is 5.88. The van der Waals surface area contributed by atoms with Gasteiger partial charge in [-0.15, -0.1) is 11.8 Å². The van der Waals surface area contributed by atoms with Gasteiger partial charge in [0, 0.05) is 19.3 Å². The molecule has 1 aromatic carbocycles. The van der Waals surface area contributed by atoms with Gasteiger partial charge in [-0.25, -0.2) is 0 Å². The van der Waals surface area contributed by atoms with Gasteiger partial charge in [-0.1, -0.05) is 43.7 Å². The molecule has 1 rings (SSSR count). The minimum Gasteiger partial charge on any atom is -0.345 e. The fourth-order valence-corrected chi connectivity index (χ4v) is 2.64. The third-order valence-corrected chi connectivity index (χ3v) is 4.12. The van der Waals surface area contributed by atoms with E-state index in [1.807, 2.05) is 37.1 Å². The molecule has 0 aliphatic rings. The monoisotopic (exact) mass is 265 g/mol. The molecule has 1 atom stereocenters. The van der Waals surface area contributed by atoms with Gasteiger partial charge in [0.2, 0.25) is 5.91 Å². The van der Waals surface area contributed by atoms with Gasteiger partial charge in [-0.2, -0.15) is 0 Å². The van der Waals surface area contributed by atoms with Crippen LogP contribution in [0.1, 0.15) is 32.3 Å². The molecule has 0 aliphatic heterocycles. The van der Waals surface area contributed by atoms with Crippen molar-refractivity contribution < 1.29 is 4.79 Å². The van der Waals surface area contributed by atoms with Crippen molar-refractivity contribution in [3.63, 3.8) is 0 Å². The number of hydrogen-bond acceptors (Lipinski definition) is 2. The topological polar surface area (TPSA) is 20.3 Å². The third kappa shape index (κ3) is 5.13. The molecule has 0 fully saturated rings. The fraction of sp³-hybridized carbons (Fsp3) is 0.533. The second kappa shape index (κ2) is 8.20. The summed E-state index contributed by atoms with van der Waals surface area (Å²) in [5.74, 6) is 1.14. The van der Waals surface area contributed by atoms with Gasteiger partial charge in [0.1, 0.15) is 0 Å². The van der Waals surface area contributed by atoms with Gasteiger partial charge in [-0.05, 0) is 18.9 Å². The smallest absolute Gasteiger partial charge is 0.235 e. The van der Waals surface area contributed by atoms with E-state index in [9.17, 15) is 4.79 Å². The highest BCUT2D eigenvalue weighted by atomic mass is 32.2. The van der Waals surface area contributed by atoms with E-state index in [1.54, 1.807) is 11.8 Å². The molecule has 0 N–H and O–H groups in total. The van der Waals surface area contributed by atoms with E-state index >= 15 is 0 Å². The Morgan fingerprint density at radius 3 is 2.61 bits per heavy atom. The van der Waals surface area contributed by atoms with Crippen LogP contribution in [0.2, 0.25) is 0 Å². The summed E-state index contributed by atoms with van der Waals surface area (Å²) in [6, 6.07) is 10.3. The van der Waals surface area contributed by atoms with Crippen molar-refractivity contribution in [2.75, 3.05) is 13.6 Å². The highest BCUT2D eigenvalue weighted by molar-refractivity contribution is 7.99. The van der Waals surface area contributed by atoms with Crippen LogP contribution in [0.4, 0.5) is 0 Å². The summed E-state index contributed by atoms with van der Waals surface area (Å²) in [6.07, 6.45) is 2.21. The van der Waals surface area contributed by atoms with E-state index in [0.717, 1.165) is 25.1 Å². The standard InChI is InChI=1S/C15H23NOS/c1-4-5-11-16(3)15(17)13(2)18-12-14-9-7-6-8-10-14/h6-10,13H,4-5,11-12H2,1-3H3. The molecule has 0 saturated heterocycles. The van der Waals surface area contributed by atoms with Crippen LogP contribution in [-0.2, 0) is 10.5 Å². The van der Waals surface area contributed by atoms with Crippen molar-refractivity contribution in [1.29, 1.82) is 0 Å². The van der Waals surface area contributed by atoms with Crippen LogP contribution < -0.4 is 0 Å².